The molecule has 0 saturated carbocycles. The van der Waals surface area contributed by atoms with Gasteiger partial charge in [0, 0.05) is 0 Å². The van der Waals surface area contributed by atoms with E-state index in [1.165, 1.54) is 12.1 Å². The Hall–Kier alpha value is -1.56. The zero-order valence-electron chi connectivity index (χ0n) is 9.22. The number of hydrogen-bond donors (Lipinski definition) is 0. The number of benzene rings is 1. The molecule has 0 heterocycles. The highest BCUT2D eigenvalue weighted by Gasteiger charge is 2.12. The maximum absolute atomic E-state index is 13.4. The Bertz CT molecular complexity index is 394. The summed E-state index contributed by atoms with van der Waals surface area (Å²) in [5.74, 6) is -0.0327. The first-order valence-corrected chi connectivity index (χ1v) is 5.28. The van der Waals surface area contributed by atoms with Crippen LogP contribution < -0.4 is 4.74 Å². The van der Waals surface area contributed by atoms with Gasteiger partial charge in [0.15, 0.2) is 11.6 Å². The van der Waals surface area contributed by atoms with Crippen molar-refractivity contribution in [2.75, 3.05) is 6.61 Å². The molecular formula is C13H14F2O. The van der Waals surface area contributed by atoms with Crippen LogP contribution in [0, 0.1) is 24.0 Å². The zero-order chi connectivity index (χ0) is 12.0. The van der Waals surface area contributed by atoms with Crippen LogP contribution in [0.15, 0.2) is 12.1 Å². The molecule has 0 aliphatic rings. The van der Waals surface area contributed by atoms with E-state index in [0.29, 0.717) is 6.61 Å². The summed E-state index contributed by atoms with van der Waals surface area (Å²) in [6.07, 6.45) is 7.90. The minimum Gasteiger partial charge on any atom is -0.490 e. The third-order valence-electron chi connectivity index (χ3n) is 2.21. The number of halogens is 2. The maximum atomic E-state index is 13.4. The lowest BCUT2D eigenvalue weighted by molar-refractivity contribution is 0.286. The van der Waals surface area contributed by atoms with E-state index in [1.807, 2.05) is 0 Å². The summed E-state index contributed by atoms with van der Waals surface area (Å²) in [6.45, 7) is 2.45. The van der Waals surface area contributed by atoms with Crippen molar-refractivity contribution in [3.05, 3.63) is 29.3 Å². The molecule has 1 rings (SSSR count). The van der Waals surface area contributed by atoms with Crippen molar-refractivity contribution in [2.24, 2.45) is 0 Å². The lowest BCUT2D eigenvalue weighted by atomic mass is 10.2. The molecule has 16 heavy (non-hydrogen) atoms. The van der Waals surface area contributed by atoms with Crippen LogP contribution in [0.4, 0.5) is 8.78 Å². The van der Waals surface area contributed by atoms with Gasteiger partial charge in [0.25, 0.3) is 0 Å². The first-order valence-electron chi connectivity index (χ1n) is 5.28. The Morgan fingerprint density at radius 3 is 2.62 bits per heavy atom. The van der Waals surface area contributed by atoms with Gasteiger partial charge in [0.05, 0.1) is 12.2 Å². The van der Waals surface area contributed by atoms with Crippen molar-refractivity contribution in [1.82, 2.24) is 0 Å². The molecule has 0 bridgehead atoms. The molecule has 0 radical (unpaired) electrons. The number of hydrogen-bond acceptors (Lipinski definition) is 1. The van der Waals surface area contributed by atoms with Crippen molar-refractivity contribution in [2.45, 2.75) is 26.2 Å². The number of rotatable bonds is 5. The normalized spacial score (nSPS) is 9.88. The van der Waals surface area contributed by atoms with Crippen LogP contribution in [0.5, 0.6) is 5.75 Å². The first kappa shape index (κ1) is 12.5. The Balaban J connectivity index is 2.68. The van der Waals surface area contributed by atoms with Crippen molar-refractivity contribution in [3.63, 3.8) is 0 Å². The maximum Gasteiger partial charge on any atom is 0.201 e. The SMILES string of the molecule is C#Cc1ccc(OCCCCC)c(F)c1F. The molecule has 86 valence electrons. The summed E-state index contributed by atoms with van der Waals surface area (Å²) in [6, 6.07) is 2.70. The monoisotopic (exact) mass is 224 g/mol. The van der Waals surface area contributed by atoms with Crippen molar-refractivity contribution in [3.8, 4) is 18.1 Å². The summed E-state index contributed by atoms with van der Waals surface area (Å²) in [5, 5.41) is 0. The molecule has 0 saturated heterocycles. The van der Waals surface area contributed by atoms with Crippen LogP contribution >= 0.6 is 0 Å². The highest BCUT2D eigenvalue weighted by Crippen LogP contribution is 2.22. The zero-order valence-corrected chi connectivity index (χ0v) is 9.22. The van der Waals surface area contributed by atoms with Gasteiger partial charge >= 0.3 is 0 Å². The molecular weight excluding hydrogens is 210 g/mol. The molecule has 0 unspecified atom stereocenters. The molecule has 0 aliphatic heterocycles. The fourth-order valence-electron chi connectivity index (χ4n) is 1.29. The van der Waals surface area contributed by atoms with Gasteiger partial charge in [0.1, 0.15) is 0 Å². The third-order valence-corrected chi connectivity index (χ3v) is 2.21. The van der Waals surface area contributed by atoms with Gasteiger partial charge in [0.2, 0.25) is 5.82 Å². The summed E-state index contributed by atoms with van der Waals surface area (Å²) in [7, 11) is 0. The van der Waals surface area contributed by atoms with Crippen LogP contribution in [0.2, 0.25) is 0 Å². The van der Waals surface area contributed by atoms with Crippen LogP contribution in [0.25, 0.3) is 0 Å². The van der Waals surface area contributed by atoms with E-state index < -0.39 is 11.6 Å². The smallest absolute Gasteiger partial charge is 0.201 e. The highest BCUT2D eigenvalue weighted by molar-refractivity contribution is 5.39. The average Bonchev–Trinajstić information content (AvgIpc) is 2.30. The van der Waals surface area contributed by atoms with Crippen molar-refractivity contribution < 1.29 is 13.5 Å². The summed E-state index contributed by atoms with van der Waals surface area (Å²) < 4.78 is 31.7. The Morgan fingerprint density at radius 2 is 2.00 bits per heavy atom. The Morgan fingerprint density at radius 1 is 1.25 bits per heavy atom. The fourth-order valence-corrected chi connectivity index (χ4v) is 1.29. The van der Waals surface area contributed by atoms with Crippen molar-refractivity contribution >= 4 is 0 Å². The van der Waals surface area contributed by atoms with E-state index >= 15 is 0 Å². The van der Waals surface area contributed by atoms with E-state index in [4.69, 9.17) is 11.2 Å². The summed E-state index contributed by atoms with van der Waals surface area (Å²) >= 11 is 0. The second-order valence-corrected chi connectivity index (χ2v) is 3.44. The predicted molar refractivity (Wildman–Crippen MR) is 59.3 cm³/mol. The average molecular weight is 224 g/mol. The quantitative estimate of drug-likeness (QED) is 0.549. The molecule has 0 spiro atoms. The van der Waals surface area contributed by atoms with Crippen molar-refractivity contribution in [1.29, 1.82) is 0 Å². The molecule has 0 fully saturated rings. The number of unbranched alkanes of at least 4 members (excludes halogenated alkanes) is 2. The highest BCUT2D eigenvalue weighted by atomic mass is 19.2. The molecule has 0 N–H and O–H groups in total. The van der Waals surface area contributed by atoms with Crippen LogP contribution in [-0.4, -0.2) is 6.61 Å². The molecule has 1 nitrogen and oxygen atoms in total. The minimum absolute atomic E-state index is 0.0763. The first-order chi connectivity index (χ1) is 7.70. The largest absolute Gasteiger partial charge is 0.490 e. The summed E-state index contributed by atoms with van der Waals surface area (Å²) in [4.78, 5) is 0. The fraction of sp³-hybridized carbons (Fsp3) is 0.385. The van der Waals surface area contributed by atoms with E-state index in [9.17, 15) is 8.78 Å². The molecule has 3 heteroatoms. The van der Waals surface area contributed by atoms with Crippen LogP contribution in [0.3, 0.4) is 0 Å². The van der Waals surface area contributed by atoms with Gasteiger partial charge in [-0.25, -0.2) is 4.39 Å². The molecule has 0 atom stereocenters. The van der Waals surface area contributed by atoms with E-state index in [-0.39, 0.29) is 11.3 Å². The van der Waals surface area contributed by atoms with Gasteiger partial charge in [-0.15, -0.1) is 6.42 Å². The second-order valence-electron chi connectivity index (χ2n) is 3.44. The van der Waals surface area contributed by atoms with Gasteiger partial charge < -0.3 is 4.74 Å². The number of ether oxygens (including phenoxy) is 1. The van der Waals surface area contributed by atoms with E-state index in [1.54, 1.807) is 0 Å². The molecule has 0 amide bonds. The van der Waals surface area contributed by atoms with Gasteiger partial charge in [-0.1, -0.05) is 25.7 Å². The molecule has 1 aromatic carbocycles. The topological polar surface area (TPSA) is 9.23 Å². The lowest BCUT2D eigenvalue weighted by Gasteiger charge is -2.07. The molecule has 1 aromatic rings. The second kappa shape index (κ2) is 6.12. The van der Waals surface area contributed by atoms with Crippen LogP contribution in [-0.2, 0) is 0 Å². The van der Waals surface area contributed by atoms with E-state index in [2.05, 4.69) is 12.8 Å². The third kappa shape index (κ3) is 2.96. The molecule has 0 aromatic heterocycles. The van der Waals surface area contributed by atoms with E-state index in [0.717, 1.165) is 19.3 Å². The Kier molecular flexibility index (Phi) is 4.78. The van der Waals surface area contributed by atoms with Gasteiger partial charge in [-0.3, -0.25) is 0 Å². The van der Waals surface area contributed by atoms with Crippen LogP contribution in [0.1, 0.15) is 31.7 Å². The van der Waals surface area contributed by atoms with Gasteiger partial charge in [-0.2, -0.15) is 4.39 Å². The molecule has 0 aliphatic carbocycles. The lowest BCUT2D eigenvalue weighted by Crippen LogP contribution is -2.01. The minimum atomic E-state index is -1.02. The number of terminal acetylenes is 1. The predicted octanol–water partition coefficient (Wildman–Crippen LogP) is 3.52. The van der Waals surface area contributed by atoms with Gasteiger partial charge in [-0.05, 0) is 18.6 Å². The standard InChI is InChI=1S/C13H14F2O/c1-3-5-6-9-16-11-8-7-10(4-2)12(14)13(11)15/h2,7-8H,3,5-6,9H2,1H3. The Labute approximate surface area is 94.4 Å². The summed E-state index contributed by atoms with van der Waals surface area (Å²) in [5.41, 5.74) is -0.0848.